The molecule has 2 aromatic heterocycles. The number of benzene rings is 5. The van der Waals surface area contributed by atoms with E-state index in [-0.39, 0.29) is 54.3 Å². The number of phenols is 1. The van der Waals surface area contributed by atoms with Gasteiger partial charge in [-0.25, -0.2) is 23.2 Å². The number of hydrogen-bond donors (Lipinski definition) is 2. The zero-order valence-corrected chi connectivity index (χ0v) is 31.9. The number of carboxylic acids is 1. The van der Waals surface area contributed by atoms with E-state index >= 15 is 0 Å². The van der Waals surface area contributed by atoms with Crippen LogP contribution in [0.15, 0.2) is 112 Å². The third-order valence-electron chi connectivity index (χ3n) is 8.15. The zero-order valence-electron chi connectivity index (χ0n) is 35.9. The van der Waals surface area contributed by atoms with E-state index in [1.54, 1.807) is 42.5 Å². The van der Waals surface area contributed by atoms with Gasteiger partial charge in [0.25, 0.3) is 11.8 Å². The Bertz CT molecular complexity index is 2740. The van der Waals surface area contributed by atoms with Crippen LogP contribution in [0.25, 0.3) is 45.7 Å². The number of halogens is 2. The summed E-state index contributed by atoms with van der Waals surface area (Å²) < 4.78 is 77.0. The second kappa shape index (κ2) is 19.6. The van der Waals surface area contributed by atoms with Crippen molar-refractivity contribution < 1.29 is 70.2 Å². The van der Waals surface area contributed by atoms with Crippen molar-refractivity contribution in [1.82, 2.24) is 20.3 Å². The second-order valence-electron chi connectivity index (χ2n) is 11.8. The zero-order chi connectivity index (χ0) is 47.3. The highest BCUT2D eigenvalue weighted by Gasteiger charge is 2.20. The summed E-state index contributed by atoms with van der Waals surface area (Å²) in [6.45, 7) is 0. The maximum absolute atomic E-state index is 13.8. The van der Waals surface area contributed by atoms with Crippen molar-refractivity contribution in [2.75, 3.05) is 28.4 Å². The van der Waals surface area contributed by atoms with E-state index < -0.39 is 29.5 Å². The summed E-state index contributed by atoms with van der Waals surface area (Å²) >= 11 is 0. The Balaban J connectivity index is 0.000000483. The fourth-order valence-corrected chi connectivity index (χ4v) is 5.17. The third kappa shape index (κ3) is 9.91. The van der Waals surface area contributed by atoms with Gasteiger partial charge in [-0.05, 0) is 78.9 Å². The van der Waals surface area contributed by atoms with Crippen molar-refractivity contribution in [3.8, 4) is 69.0 Å². The Labute approximate surface area is 347 Å². The fraction of sp³-hybridized carbons (Fsp3) is 0.0952. The number of aromatic nitrogens is 4. The van der Waals surface area contributed by atoms with Crippen LogP contribution in [0.1, 0.15) is 45.4 Å². The van der Waals surface area contributed by atoms with Crippen LogP contribution in [0.3, 0.4) is 0 Å². The number of nitrogens with zero attached hydrogens (tertiary/aromatic N) is 5. The van der Waals surface area contributed by atoms with Crippen molar-refractivity contribution in [3.05, 3.63) is 137 Å². The standard InChI is InChI=1S/C17H13FN2O4.C15H9FN2O4.C10H9NO3.4H2/c1-22-14-8-7-10(17(21)23-2)9-12(14)15-19-16(24-20-15)11-5-3-4-6-13(11)18;16-11-4-2-1-3-9(11)14-17-13(18-22-14)10-7-8(15(20)21)5-6-12(10)19;1-13-9-4-3-7(10(12)14-2)5-8(9)6-11;;;;/h3-9H,1-2H3;1-7,19H,(H,20,21);3-5H,1-2H3;4*1H/i;;;2*1+1D;2*1+1. The SMILES string of the molecule is COC(=O)c1ccc(OC)c(-c2noc(-c3ccccc3F)n2)c1.COC(=O)c1ccc(OC)c(C#N)c1.O=C(O)c1ccc(O)c(-c2noc(-c3ccccc3F)n2)c1.[2HH].[2HH].[2H][2H].[2H][2H]. The molecule has 0 bridgehead atoms. The molecule has 0 aliphatic carbocycles. The molecule has 5 aromatic carbocycles. The van der Waals surface area contributed by atoms with Gasteiger partial charge in [0.05, 0.1) is 72.9 Å². The molecule has 0 amide bonds. The molecule has 16 nitrogen and oxygen atoms in total. The van der Waals surface area contributed by atoms with E-state index in [9.17, 15) is 28.3 Å². The first kappa shape index (κ1) is 39.8. The van der Waals surface area contributed by atoms with E-state index in [1.165, 1.54) is 89.1 Å². The van der Waals surface area contributed by atoms with E-state index in [0.717, 1.165) is 0 Å². The van der Waals surface area contributed by atoms with Gasteiger partial charge in [0, 0.05) is 8.79 Å². The van der Waals surface area contributed by atoms with Crippen LogP contribution in [-0.2, 0) is 9.47 Å². The summed E-state index contributed by atoms with van der Waals surface area (Å²) in [6, 6.07) is 26.8. The largest absolute Gasteiger partial charge is 0.507 e. The molecule has 7 rings (SSSR count). The number of esters is 2. The van der Waals surface area contributed by atoms with Gasteiger partial charge in [0.2, 0.25) is 11.6 Å². The lowest BCUT2D eigenvalue weighted by Crippen LogP contribution is -2.02. The van der Waals surface area contributed by atoms with Crippen LogP contribution < -0.4 is 9.47 Å². The molecule has 312 valence electrons. The number of aromatic carboxylic acids is 1. The molecular weight excluding hydrogens is 788 g/mol. The number of carbonyl (C=O) groups is 3. The number of carbonyl (C=O) groups excluding carboxylic acids is 2. The number of methoxy groups -OCH3 is 4. The maximum Gasteiger partial charge on any atom is 0.337 e. The molecule has 0 fully saturated rings. The van der Waals surface area contributed by atoms with Crippen molar-refractivity contribution >= 4 is 17.9 Å². The van der Waals surface area contributed by atoms with Crippen molar-refractivity contribution in [2.24, 2.45) is 0 Å². The van der Waals surface area contributed by atoms with Gasteiger partial charge in [-0.15, -0.1) is 0 Å². The molecule has 2 heterocycles. The average Bonchev–Trinajstić information content (AvgIpc) is 4.04. The van der Waals surface area contributed by atoms with E-state index in [2.05, 4.69) is 25.0 Å². The highest BCUT2D eigenvalue weighted by molar-refractivity contribution is 5.92. The van der Waals surface area contributed by atoms with Gasteiger partial charge >= 0.3 is 17.9 Å². The molecule has 0 aliphatic heterocycles. The number of aromatic hydroxyl groups is 1. The van der Waals surface area contributed by atoms with Crippen LogP contribution in [0.2, 0.25) is 0 Å². The molecule has 0 saturated carbocycles. The molecule has 7 aromatic rings. The number of rotatable bonds is 9. The molecule has 2 N–H and O–H groups in total. The first-order chi connectivity index (χ1) is 30.9. The normalized spacial score (nSPS) is 10.4. The van der Waals surface area contributed by atoms with Gasteiger partial charge in [0.15, 0.2) is 0 Å². The maximum atomic E-state index is 13.8. The Morgan fingerprint density at radius 1 is 0.650 bits per heavy atom. The molecule has 0 saturated heterocycles. The van der Waals surface area contributed by atoms with E-state index in [1.807, 2.05) is 6.07 Å². The monoisotopic (exact) mass is 833 g/mol. The number of carboxylic acid groups (broad SMARTS) is 1. The highest BCUT2D eigenvalue weighted by Crippen LogP contribution is 2.32. The van der Waals surface area contributed by atoms with Crippen molar-refractivity contribution in [3.63, 3.8) is 0 Å². The Kier molecular flexibility index (Phi) is 13.0. The minimum Gasteiger partial charge on any atom is -0.507 e. The average molecular weight is 834 g/mol. The quantitative estimate of drug-likeness (QED) is 0.130. The van der Waals surface area contributed by atoms with Gasteiger partial charge in [-0.3, -0.25) is 0 Å². The number of phenolic OH excluding ortho intramolecular Hbond substituents is 1. The van der Waals surface area contributed by atoms with Crippen molar-refractivity contribution in [2.45, 2.75) is 0 Å². The summed E-state index contributed by atoms with van der Waals surface area (Å²) in [6.07, 6.45) is 0. The lowest BCUT2D eigenvalue weighted by Gasteiger charge is -2.06. The van der Waals surface area contributed by atoms with Gasteiger partial charge in [-0.1, -0.05) is 34.6 Å². The van der Waals surface area contributed by atoms with Crippen LogP contribution in [0.4, 0.5) is 8.78 Å². The molecule has 0 atom stereocenters. The minimum atomic E-state index is -1.15. The van der Waals surface area contributed by atoms with Gasteiger partial charge in [0.1, 0.15) is 35.0 Å². The van der Waals surface area contributed by atoms with Crippen LogP contribution in [0.5, 0.6) is 17.2 Å². The van der Waals surface area contributed by atoms with Gasteiger partial charge in [-0.2, -0.15) is 15.2 Å². The summed E-state index contributed by atoms with van der Waals surface area (Å²) in [5, 5.41) is 35.0. The Hall–Kier alpha value is -8.46. The van der Waals surface area contributed by atoms with Crippen LogP contribution >= 0.6 is 0 Å². The smallest absolute Gasteiger partial charge is 0.337 e. The molecule has 0 radical (unpaired) electrons. The summed E-state index contributed by atoms with van der Waals surface area (Å²) in [4.78, 5) is 42.0. The number of ether oxygens (including phenoxy) is 4. The predicted molar refractivity (Wildman–Crippen MR) is 214 cm³/mol. The molecule has 18 heteroatoms. The lowest BCUT2D eigenvalue weighted by atomic mass is 10.1. The molecule has 60 heavy (non-hydrogen) atoms. The predicted octanol–water partition coefficient (Wildman–Crippen LogP) is 8.62. The Morgan fingerprint density at radius 2 is 1.12 bits per heavy atom. The number of nitriles is 1. The molecule has 0 aliphatic rings. The van der Waals surface area contributed by atoms with Crippen LogP contribution in [-0.4, -0.2) is 76.8 Å². The Morgan fingerprint density at radius 3 is 1.60 bits per heavy atom. The third-order valence-corrected chi connectivity index (χ3v) is 8.15. The lowest BCUT2D eigenvalue weighted by molar-refractivity contribution is 0.0592. The molecule has 0 unspecified atom stereocenters. The molecular formula is C42H39F2N5O11. The molecule has 0 spiro atoms. The van der Waals surface area contributed by atoms with Crippen molar-refractivity contribution in [1.29, 1.82) is 5.26 Å². The second-order valence-corrected chi connectivity index (χ2v) is 11.8. The van der Waals surface area contributed by atoms with E-state index in [4.69, 9.17) is 39.6 Å². The first-order valence-electron chi connectivity index (χ1n) is 19.1. The van der Waals surface area contributed by atoms with Crippen LogP contribution in [0, 0.1) is 23.0 Å². The topological polar surface area (TPSA) is 230 Å². The number of hydrogen-bond acceptors (Lipinski definition) is 15. The summed E-state index contributed by atoms with van der Waals surface area (Å²) in [5.41, 5.74) is 1.77. The summed E-state index contributed by atoms with van der Waals surface area (Å²) in [5.74, 6) is -2.31. The van der Waals surface area contributed by atoms with Gasteiger partial charge < -0.3 is 38.2 Å². The fourth-order valence-electron chi connectivity index (χ4n) is 5.17. The summed E-state index contributed by atoms with van der Waals surface area (Å²) in [7, 11) is 5.53. The highest BCUT2D eigenvalue weighted by atomic mass is 19.1. The first-order valence-corrected chi connectivity index (χ1v) is 17.1. The minimum absolute atomic E-state index is 0. The van der Waals surface area contributed by atoms with E-state index in [0.29, 0.717) is 33.8 Å².